The lowest BCUT2D eigenvalue weighted by molar-refractivity contribution is -0.202. The maximum Gasteiger partial charge on any atom is 0.349 e. The molecule has 6 aromatic carbocycles. The minimum atomic E-state index is -0.512. The van der Waals surface area contributed by atoms with E-state index in [-0.39, 0.29) is 25.8 Å². The molecule has 350 valence electrons. The zero-order valence-electron chi connectivity index (χ0n) is 38.8. The molecule has 2 saturated heterocycles. The Labute approximate surface area is 398 Å². The van der Waals surface area contributed by atoms with Gasteiger partial charge in [0.25, 0.3) is 0 Å². The van der Waals surface area contributed by atoms with Gasteiger partial charge in [0, 0.05) is 34.1 Å². The molecule has 10 nitrogen and oxygen atoms in total. The van der Waals surface area contributed by atoms with Gasteiger partial charge in [0.15, 0.2) is 25.8 Å². The molecule has 0 bridgehead atoms. The van der Waals surface area contributed by atoms with Gasteiger partial charge in [-0.3, -0.25) is 0 Å². The van der Waals surface area contributed by atoms with Crippen LogP contribution in [0.2, 0.25) is 0 Å². The number of rotatable bonds is 13. The maximum absolute atomic E-state index is 13.4. The van der Waals surface area contributed by atoms with Crippen molar-refractivity contribution in [1.82, 2.24) is 0 Å². The summed E-state index contributed by atoms with van der Waals surface area (Å²) in [4.78, 5) is 26.8. The fraction of sp³-hybridized carbons (Fsp3) is 0.345. The molecule has 10 rings (SSSR count). The van der Waals surface area contributed by atoms with E-state index in [1.165, 1.54) is 22.3 Å². The second-order valence-electron chi connectivity index (χ2n) is 18.6. The highest BCUT2D eigenvalue weighted by atomic mass is 16.7. The Balaban J connectivity index is 0.812. The van der Waals surface area contributed by atoms with E-state index in [2.05, 4.69) is 26.0 Å². The average Bonchev–Trinajstić information content (AvgIpc) is 3.38. The number of benzene rings is 6. The average molecular weight is 915 g/mol. The summed E-state index contributed by atoms with van der Waals surface area (Å²) in [6.07, 6.45) is 7.26. The van der Waals surface area contributed by atoms with Crippen molar-refractivity contribution in [2.24, 2.45) is 11.8 Å². The Hall–Kier alpha value is -6.30. The third kappa shape index (κ3) is 10.5. The van der Waals surface area contributed by atoms with Crippen LogP contribution in [0.3, 0.4) is 0 Å². The molecule has 0 aromatic heterocycles. The summed E-state index contributed by atoms with van der Waals surface area (Å²) >= 11 is 0. The van der Waals surface area contributed by atoms with Crippen molar-refractivity contribution < 1.29 is 47.5 Å². The van der Waals surface area contributed by atoms with Crippen LogP contribution in [0, 0.1) is 11.8 Å². The number of esters is 2. The summed E-state index contributed by atoms with van der Waals surface area (Å²) in [5.41, 5.74) is 12.8. The summed E-state index contributed by atoms with van der Waals surface area (Å²) < 4.78 is 47.9. The van der Waals surface area contributed by atoms with E-state index in [1.807, 2.05) is 84.9 Å². The normalized spacial score (nSPS) is 20.1. The van der Waals surface area contributed by atoms with Gasteiger partial charge >= 0.3 is 11.9 Å². The first-order valence-corrected chi connectivity index (χ1v) is 24.2. The van der Waals surface area contributed by atoms with Crippen LogP contribution >= 0.6 is 0 Å². The third-order valence-corrected chi connectivity index (χ3v) is 13.3. The SMILES string of the molecule is CC1COC(c2ccc(-c3ccc(OC(=O)COc4ccc5c(c4-c4c(OCC(=O)Oc6ccc(-c7ccc(C8OCC(C)CO8)cc7)cc6)ccc6c4CCCC6)CCCC5)cc3)cc2)OC1. The largest absolute Gasteiger partial charge is 0.481 e. The van der Waals surface area contributed by atoms with E-state index >= 15 is 0 Å². The summed E-state index contributed by atoms with van der Waals surface area (Å²) in [6.45, 7) is 6.37. The Morgan fingerprint density at radius 3 is 1.15 bits per heavy atom. The second kappa shape index (κ2) is 20.9. The highest BCUT2D eigenvalue weighted by molar-refractivity contribution is 5.85. The summed E-state index contributed by atoms with van der Waals surface area (Å²) in [5.74, 6) is 1.80. The van der Waals surface area contributed by atoms with E-state index in [0.29, 0.717) is 61.3 Å². The van der Waals surface area contributed by atoms with Gasteiger partial charge in [-0.15, -0.1) is 0 Å². The van der Waals surface area contributed by atoms with Crippen LogP contribution in [0.25, 0.3) is 33.4 Å². The summed E-state index contributed by atoms with van der Waals surface area (Å²) in [7, 11) is 0. The lowest BCUT2D eigenvalue weighted by Crippen LogP contribution is -2.24. The number of carbonyl (C=O) groups excluding carboxylic acids is 2. The minimum Gasteiger partial charge on any atom is -0.481 e. The molecule has 68 heavy (non-hydrogen) atoms. The Kier molecular flexibility index (Phi) is 14.0. The van der Waals surface area contributed by atoms with Crippen LogP contribution in [-0.4, -0.2) is 51.6 Å². The molecule has 4 aliphatic rings. The Morgan fingerprint density at radius 2 is 0.779 bits per heavy atom. The highest BCUT2D eigenvalue weighted by Crippen LogP contribution is 2.47. The molecule has 0 saturated carbocycles. The zero-order valence-corrected chi connectivity index (χ0v) is 38.8. The standard InChI is InChI=1S/C58H58O10/c1-37-31-63-57(64-32-37)45-15-11-39(12-16-45)41-19-25-47(26-20-41)67-53(59)35-61-51-29-23-43-7-3-5-9-49(43)55(51)56-50-10-6-4-8-44(50)24-30-52(56)62-36-54(60)68-48-27-21-42(22-28-48)40-13-17-46(18-14-40)58-65-33-38(2)34-66-58/h11-30,37-38,57-58H,3-10,31-36H2,1-2H3. The Bertz CT molecular complexity index is 2510. The van der Waals surface area contributed by atoms with E-state index in [4.69, 9.17) is 37.9 Å². The molecule has 0 amide bonds. The fourth-order valence-corrected chi connectivity index (χ4v) is 9.68. The number of fused-ring (bicyclic) bond motifs is 2. The molecule has 0 radical (unpaired) electrons. The molecule has 6 aromatic rings. The van der Waals surface area contributed by atoms with Gasteiger partial charge in [-0.1, -0.05) is 98.8 Å². The molecule has 0 spiro atoms. The molecule has 0 unspecified atom stereocenters. The van der Waals surface area contributed by atoms with Crippen molar-refractivity contribution in [3.8, 4) is 56.4 Å². The zero-order chi connectivity index (χ0) is 46.4. The van der Waals surface area contributed by atoms with Crippen molar-refractivity contribution in [2.75, 3.05) is 39.6 Å². The topological polar surface area (TPSA) is 108 Å². The number of ether oxygens (including phenoxy) is 8. The molecule has 0 atom stereocenters. The van der Waals surface area contributed by atoms with Crippen molar-refractivity contribution >= 4 is 11.9 Å². The van der Waals surface area contributed by atoms with Crippen molar-refractivity contribution in [3.05, 3.63) is 155 Å². The first kappa shape index (κ1) is 45.5. The predicted molar refractivity (Wildman–Crippen MR) is 259 cm³/mol. The second-order valence-corrected chi connectivity index (χ2v) is 18.6. The minimum absolute atomic E-state index is 0.287. The van der Waals surface area contributed by atoms with Gasteiger partial charge in [-0.25, -0.2) is 9.59 Å². The van der Waals surface area contributed by atoms with Crippen LogP contribution in [0.5, 0.6) is 23.0 Å². The van der Waals surface area contributed by atoms with E-state index < -0.39 is 11.9 Å². The van der Waals surface area contributed by atoms with Crippen LogP contribution in [0.1, 0.15) is 85.5 Å². The van der Waals surface area contributed by atoms with Crippen LogP contribution in [-0.2, 0) is 54.2 Å². The number of hydrogen-bond acceptors (Lipinski definition) is 10. The van der Waals surface area contributed by atoms with Gasteiger partial charge in [-0.05, 0) is 132 Å². The van der Waals surface area contributed by atoms with E-state index in [1.54, 1.807) is 24.3 Å². The van der Waals surface area contributed by atoms with Crippen LogP contribution in [0.4, 0.5) is 0 Å². The third-order valence-electron chi connectivity index (χ3n) is 13.3. The summed E-state index contributed by atoms with van der Waals surface area (Å²) in [5, 5.41) is 0. The number of hydrogen-bond donors (Lipinski definition) is 0. The van der Waals surface area contributed by atoms with Crippen LogP contribution in [0.15, 0.2) is 121 Å². The lowest BCUT2D eigenvalue weighted by atomic mass is 9.80. The first-order chi connectivity index (χ1) is 33.3. The van der Waals surface area contributed by atoms with Crippen molar-refractivity contribution in [3.63, 3.8) is 0 Å². The number of aryl methyl sites for hydroxylation is 2. The highest BCUT2D eigenvalue weighted by Gasteiger charge is 2.28. The predicted octanol–water partition coefficient (Wildman–Crippen LogP) is 11.8. The summed E-state index contributed by atoms with van der Waals surface area (Å²) in [6, 6.07) is 39.4. The molecule has 2 aliphatic carbocycles. The molecule has 2 aliphatic heterocycles. The van der Waals surface area contributed by atoms with E-state index in [9.17, 15) is 9.59 Å². The monoisotopic (exact) mass is 914 g/mol. The number of carbonyl (C=O) groups is 2. The molecular weight excluding hydrogens is 857 g/mol. The molecule has 2 heterocycles. The Morgan fingerprint density at radius 1 is 0.441 bits per heavy atom. The smallest absolute Gasteiger partial charge is 0.349 e. The molecule has 10 heteroatoms. The van der Waals surface area contributed by atoms with Gasteiger partial charge < -0.3 is 37.9 Å². The molecular formula is C58H58O10. The van der Waals surface area contributed by atoms with Gasteiger partial charge in [0.1, 0.15) is 23.0 Å². The maximum atomic E-state index is 13.4. The van der Waals surface area contributed by atoms with Gasteiger partial charge in [-0.2, -0.15) is 0 Å². The van der Waals surface area contributed by atoms with Gasteiger partial charge in [0.05, 0.1) is 26.4 Å². The first-order valence-electron chi connectivity index (χ1n) is 24.2. The fourth-order valence-electron chi connectivity index (χ4n) is 9.68. The van der Waals surface area contributed by atoms with Crippen LogP contribution < -0.4 is 18.9 Å². The molecule has 0 N–H and O–H groups in total. The quantitative estimate of drug-likeness (QED) is 0.0821. The molecule has 2 fully saturated rings. The van der Waals surface area contributed by atoms with Gasteiger partial charge in [0.2, 0.25) is 0 Å². The van der Waals surface area contributed by atoms with Crippen molar-refractivity contribution in [2.45, 2.75) is 77.8 Å². The van der Waals surface area contributed by atoms with Crippen molar-refractivity contribution in [1.29, 1.82) is 0 Å². The lowest BCUT2D eigenvalue weighted by Gasteiger charge is -2.27. The van der Waals surface area contributed by atoms with E-state index in [0.717, 1.165) is 95.9 Å².